The van der Waals surface area contributed by atoms with Crippen molar-refractivity contribution in [3.05, 3.63) is 53.1 Å². The molecule has 0 saturated heterocycles. The maximum Gasteiger partial charge on any atom is 0.307 e. The van der Waals surface area contributed by atoms with E-state index in [1.54, 1.807) is 21.1 Å². The number of ether oxygens (including phenoxy) is 4. The molecule has 1 unspecified atom stereocenters. The van der Waals surface area contributed by atoms with Crippen LogP contribution in [-0.2, 0) is 16.0 Å². The smallest absolute Gasteiger partial charge is 0.307 e. The summed E-state index contributed by atoms with van der Waals surface area (Å²) in [5.74, 6) is 7.81. The van der Waals surface area contributed by atoms with E-state index in [4.69, 9.17) is 18.9 Å². The Kier molecular flexibility index (Phi) is 6.66. The van der Waals surface area contributed by atoms with E-state index in [0.717, 1.165) is 46.8 Å². The first-order valence-corrected chi connectivity index (χ1v) is 9.60. The average molecular weight is 394 g/mol. The van der Waals surface area contributed by atoms with Crippen LogP contribution in [0.3, 0.4) is 0 Å². The van der Waals surface area contributed by atoms with Crippen molar-refractivity contribution in [2.45, 2.75) is 38.2 Å². The van der Waals surface area contributed by atoms with Crippen molar-refractivity contribution in [1.82, 2.24) is 0 Å². The Hall–Kier alpha value is -3.13. The second-order valence-electron chi connectivity index (χ2n) is 6.81. The lowest BCUT2D eigenvalue weighted by Crippen LogP contribution is -2.08. The molecule has 0 aliphatic heterocycles. The number of rotatable bonds is 7. The first-order valence-electron chi connectivity index (χ1n) is 9.60. The molecule has 0 saturated carbocycles. The summed E-state index contributed by atoms with van der Waals surface area (Å²) in [5, 5.41) is 0. The summed E-state index contributed by atoms with van der Waals surface area (Å²) in [6, 6.07) is 11.7. The van der Waals surface area contributed by atoms with E-state index in [2.05, 4.69) is 11.8 Å². The number of carbonyl (C=O) groups excluding carboxylic acids is 1. The molecule has 0 bridgehead atoms. The lowest BCUT2D eigenvalue weighted by Gasteiger charge is -2.17. The number of benzene rings is 2. The van der Waals surface area contributed by atoms with Gasteiger partial charge < -0.3 is 18.9 Å². The molecule has 1 aliphatic carbocycles. The maximum absolute atomic E-state index is 11.6. The minimum Gasteiger partial charge on any atom is -0.493 e. The molecule has 0 aromatic heterocycles. The predicted octanol–water partition coefficient (Wildman–Crippen LogP) is 4.44. The van der Waals surface area contributed by atoms with Crippen molar-refractivity contribution in [3.63, 3.8) is 0 Å². The molecule has 5 heteroatoms. The summed E-state index contributed by atoms with van der Waals surface area (Å²) in [7, 11) is 4.69. The monoisotopic (exact) mass is 394 g/mol. The fourth-order valence-electron chi connectivity index (χ4n) is 3.74. The Morgan fingerprint density at radius 3 is 2.48 bits per heavy atom. The summed E-state index contributed by atoms with van der Waals surface area (Å²) in [6.07, 6.45) is 1.96. The van der Waals surface area contributed by atoms with Crippen LogP contribution in [0.4, 0.5) is 0 Å². The zero-order chi connectivity index (χ0) is 20.8. The number of carbonyl (C=O) groups is 1. The molecule has 2 aromatic rings. The second kappa shape index (κ2) is 9.38. The van der Waals surface area contributed by atoms with Gasteiger partial charge in [0, 0.05) is 5.56 Å². The van der Waals surface area contributed by atoms with Gasteiger partial charge in [-0.05, 0) is 49.1 Å². The Labute approximate surface area is 171 Å². The highest BCUT2D eigenvalue weighted by Crippen LogP contribution is 2.44. The zero-order valence-corrected chi connectivity index (χ0v) is 17.3. The molecular weight excluding hydrogens is 368 g/mol. The molecule has 0 fully saturated rings. The number of hydrogen-bond donors (Lipinski definition) is 0. The van der Waals surface area contributed by atoms with Crippen LogP contribution in [0.2, 0.25) is 0 Å². The van der Waals surface area contributed by atoms with Crippen molar-refractivity contribution in [3.8, 4) is 29.1 Å². The third-order valence-electron chi connectivity index (χ3n) is 5.17. The fraction of sp³-hybridized carbons (Fsp3) is 0.375. The van der Waals surface area contributed by atoms with E-state index in [1.165, 1.54) is 7.11 Å². The van der Waals surface area contributed by atoms with E-state index in [0.29, 0.717) is 0 Å². The number of hydrogen-bond acceptors (Lipinski definition) is 5. The van der Waals surface area contributed by atoms with Gasteiger partial charge in [-0.25, -0.2) is 0 Å². The first kappa shape index (κ1) is 20.6. The van der Waals surface area contributed by atoms with Crippen LogP contribution in [0.25, 0.3) is 0 Å². The Balaban J connectivity index is 1.76. The molecular formula is C24H26O5. The van der Waals surface area contributed by atoms with Crippen LogP contribution >= 0.6 is 0 Å². The predicted molar refractivity (Wildman–Crippen MR) is 111 cm³/mol. The number of methoxy groups -OCH3 is 3. The molecule has 2 atom stereocenters. The van der Waals surface area contributed by atoms with Crippen LogP contribution in [0.15, 0.2) is 36.4 Å². The highest BCUT2D eigenvalue weighted by Gasteiger charge is 2.29. The van der Waals surface area contributed by atoms with Crippen molar-refractivity contribution >= 4 is 5.97 Å². The lowest BCUT2D eigenvalue weighted by molar-refractivity contribution is -0.140. The lowest BCUT2D eigenvalue weighted by atomic mass is 9.96. The summed E-state index contributed by atoms with van der Waals surface area (Å²) in [5.41, 5.74) is 3.24. The normalized spacial score (nSPS) is 15.5. The molecule has 1 aliphatic rings. The molecule has 5 nitrogen and oxygen atoms in total. The van der Waals surface area contributed by atoms with Gasteiger partial charge in [0.2, 0.25) is 0 Å². The molecule has 0 N–H and O–H groups in total. The summed E-state index contributed by atoms with van der Waals surface area (Å²) < 4.78 is 22.0. The van der Waals surface area contributed by atoms with Gasteiger partial charge in [0.15, 0.2) is 11.5 Å². The van der Waals surface area contributed by atoms with Crippen LogP contribution in [0, 0.1) is 11.8 Å². The van der Waals surface area contributed by atoms with E-state index in [-0.39, 0.29) is 24.4 Å². The molecule has 0 radical (unpaired) electrons. The third kappa shape index (κ3) is 4.48. The number of fused-ring (bicyclic) bond motifs is 1. The van der Waals surface area contributed by atoms with Crippen molar-refractivity contribution in [2.75, 3.05) is 21.3 Å². The molecule has 3 rings (SSSR count). The van der Waals surface area contributed by atoms with E-state index >= 15 is 0 Å². The zero-order valence-electron chi connectivity index (χ0n) is 17.3. The van der Waals surface area contributed by atoms with Gasteiger partial charge in [-0.3, -0.25) is 4.79 Å². The standard InChI is InChI=1S/C24H26O5/c1-5-6-17(15-23(25)27-3)16-7-9-18(10-8-16)29-21-13-12-20-19(21)11-14-22(26-2)24(20)28-4/h7-11,14,17,21H,12-13,15H2,1-4H3/t17-,21?/m0/s1. The van der Waals surface area contributed by atoms with Gasteiger partial charge in [-0.15, -0.1) is 5.92 Å². The van der Waals surface area contributed by atoms with Crippen LogP contribution < -0.4 is 14.2 Å². The quantitative estimate of drug-likeness (QED) is 0.513. The van der Waals surface area contributed by atoms with E-state index in [1.807, 2.05) is 36.4 Å². The van der Waals surface area contributed by atoms with Gasteiger partial charge in [-0.1, -0.05) is 24.1 Å². The van der Waals surface area contributed by atoms with Crippen molar-refractivity contribution in [2.24, 2.45) is 0 Å². The highest BCUT2D eigenvalue weighted by atomic mass is 16.5. The molecule has 152 valence electrons. The van der Waals surface area contributed by atoms with Crippen LogP contribution in [-0.4, -0.2) is 27.3 Å². The van der Waals surface area contributed by atoms with Crippen LogP contribution in [0.1, 0.15) is 48.5 Å². The Morgan fingerprint density at radius 2 is 1.86 bits per heavy atom. The molecule has 0 spiro atoms. The second-order valence-corrected chi connectivity index (χ2v) is 6.81. The topological polar surface area (TPSA) is 54.0 Å². The van der Waals surface area contributed by atoms with E-state index in [9.17, 15) is 4.79 Å². The SMILES string of the molecule is CC#C[C@@H](CC(=O)OC)c1ccc(OC2CCc3c2ccc(OC)c3OC)cc1. The fourth-order valence-corrected chi connectivity index (χ4v) is 3.74. The van der Waals surface area contributed by atoms with Gasteiger partial charge in [0.1, 0.15) is 11.9 Å². The summed E-state index contributed by atoms with van der Waals surface area (Å²) in [4.78, 5) is 11.6. The molecule has 29 heavy (non-hydrogen) atoms. The largest absolute Gasteiger partial charge is 0.493 e. The Bertz CT molecular complexity index is 921. The first-order chi connectivity index (χ1) is 14.1. The molecule has 2 aromatic carbocycles. The van der Waals surface area contributed by atoms with Crippen LogP contribution in [0.5, 0.6) is 17.2 Å². The summed E-state index contributed by atoms with van der Waals surface area (Å²) in [6.45, 7) is 1.77. The van der Waals surface area contributed by atoms with Gasteiger partial charge in [-0.2, -0.15) is 0 Å². The maximum atomic E-state index is 11.6. The van der Waals surface area contributed by atoms with E-state index < -0.39 is 0 Å². The Morgan fingerprint density at radius 1 is 1.10 bits per heavy atom. The van der Waals surface area contributed by atoms with Crippen molar-refractivity contribution in [1.29, 1.82) is 0 Å². The van der Waals surface area contributed by atoms with Gasteiger partial charge in [0.25, 0.3) is 0 Å². The van der Waals surface area contributed by atoms with Gasteiger partial charge in [0.05, 0.1) is 33.7 Å². The third-order valence-corrected chi connectivity index (χ3v) is 5.17. The minimum absolute atomic E-state index is 0.0306. The average Bonchev–Trinajstić information content (AvgIpc) is 3.15. The number of esters is 1. The molecule has 0 amide bonds. The van der Waals surface area contributed by atoms with Crippen molar-refractivity contribution < 1.29 is 23.7 Å². The minimum atomic E-state index is -0.273. The molecule has 0 heterocycles. The summed E-state index contributed by atoms with van der Waals surface area (Å²) >= 11 is 0. The highest BCUT2D eigenvalue weighted by molar-refractivity contribution is 5.71. The van der Waals surface area contributed by atoms with Gasteiger partial charge >= 0.3 is 5.97 Å².